The molecule has 0 aromatic heterocycles. The van der Waals surface area contributed by atoms with Gasteiger partial charge < -0.3 is 20.4 Å². The van der Waals surface area contributed by atoms with E-state index in [2.05, 4.69) is 17.7 Å². The van der Waals surface area contributed by atoms with Crippen molar-refractivity contribution in [3.05, 3.63) is 59.1 Å². The van der Waals surface area contributed by atoms with Crippen LogP contribution in [0.1, 0.15) is 10.4 Å². The monoisotopic (exact) mass is 373 g/mol. The number of hydrogen-bond donors (Lipinski definition) is 3. The number of piperazine rings is 1. The van der Waals surface area contributed by atoms with Crippen LogP contribution in [-0.4, -0.2) is 50.1 Å². The first kappa shape index (κ1) is 18.2. The number of hydrogen-bond acceptors (Lipinski definition) is 2. The molecule has 3 amide bonds. The number of anilines is 2. The average Bonchev–Trinajstić information content (AvgIpc) is 2.62. The van der Waals surface area contributed by atoms with Gasteiger partial charge in [-0.3, -0.25) is 4.79 Å². The summed E-state index contributed by atoms with van der Waals surface area (Å²) < 4.78 is 0. The summed E-state index contributed by atoms with van der Waals surface area (Å²) in [7, 11) is 2.12. The maximum atomic E-state index is 12.8. The molecule has 3 rings (SSSR count). The average molecular weight is 374 g/mol. The molecular weight excluding hydrogens is 352 g/mol. The van der Waals surface area contributed by atoms with Gasteiger partial charge in [0.25, 0.3) is 5.91 Å². The van der Waals surface area contributed by atoms with Crippen molar-refractivity contribution in [2.24, 2.45) is 0 Å². The van der Waals surface area contributed by atoms with Crippen LogP contribution in [-0.2, 0) is 0 Å². The lowest BCUT2D eigenvalue weighted by atomic mass is 10.1. The fraction of sp³-hybridized carbons (Fsp3) is 0.263. The number of nitrogens with one attached hydrogen (secondary N) is 3. The maximum absolute atomic E-state index is 12.8. The lowest BCUT2D eigenvalue weighted by molar-refractivity contribution is -0.883. The first-order valence-electron chi connectivity index (χ1n) is 8.56. The third kappa shape index (κ3) is 4.53. The molecule has 7 heteroatoms. The van der Waals surface area contributed by atoms with Crippen LogP contribution in [0.5, 0.6) is 0 Å². The molecule has 3 N–H and O–H groups in total. The smallest absolute Gasteiger partial charge is 0.323 e. The van der Waals surface area contributed by atoms with Crippen LogP contribution in [0.15, 0.2) is 48.5 Å². The standard InChI is InChI=1S/C19H21ClN4O2/c1-23-9-11-24(12-10-23)18(25)16-7-2-3-8-17(16)22-19(26)21-15-6-4-5-14(20)13-15/h2-8,13H,9-12H2,1H3,(H2,21,22,26)/p+1. The second-order valence-corrected chi connectivity index (χ2v) is 6.82. The van der Waals surface area contributed by atoms with E-state index in [4.69, 9.17) is 11.6 Å². The predicted octanol–water partition coefficient (Wildman–Crippen LogP) is 1.95. The molecule has 136 valence electrons. The van der Waals surface area contributed by atoms with Crippen LogP contribution in [0, 0.1) is 0 Å². The summed E-state index contributed by atoms with van der Waals surface area (Å²) in [6, 6.07) is 13.5. The van der Waals surface area contributed by atoms with E-state index in [9.17, 15) is 9.59 Å². The van der Waals surface area contributed by atoms with Gasteiger partial charge >= 0.3 is 6.03 Å². The zero-order chi connectivity index (χ0) is 18.5. The summed E-state index contributed by atoms with van der Waals surface area (Å²) in [4.78, 5) is 28.4. The van der Waals surface area contributed by atoms with E-state index in [0.717, 1.165) is 13.1 Å². The molecule has 1 aliphatic heterocycles. The molecule has 1 aliphatic rings. The molecule has 0 unspecified atom stereocenters. The molecule has 26 heavy (non-hydrogen) atoms. The molecule has 0 bridgehead atoms. The zero-order valence-corrected chi connectivity index (χ0v) is 15.3. The van der Waals surface area contributed by atoms with Gasteiger partial charge in [0.15, 0.2) is 0 Å². The van der Waals surface area contributed by atoms with Gasteiger partial charge in [0, 0.05) is 10.7 Å². The van der Waals surface area contributed by atoms with Crippen molar-refractivity contribution >= 4 is 34.9 Å². The Morgan fingerprint density at radius 1 is 1.04 bits per heavy atom. The van der Waals surface area contributed by atoms with Gasteiger partial charge in [-0.05, 0) is 30.3 Å². The molecular formula is C19H22ClN4O2+. The Morgan fingerprint density at radius 3 is 2.50 bits per heavy atom. The van der Waals surface area contributed by atoms with Crippen molar-refractivity contribution < 1.29 is 14.5 Å². The Balaban J connectivity index is 1.70. The number of urea groups is 1. The van der Waals surface area contributed by atoms with Gasteiger partial charge in [-0.2, -0.15) is 0 Å². The number of benzene rings is 2. The Hall–Kier alpha value is -2.57. The van der Waals surface area contributed by atoms with Gasteiger partial charge in [0.1, 0.15) is 0 Å². The number of amides is 3. The van der Waals surface area contributed by atoms with Crippen LogP contribution in [0.3, 0.4) is 0 Å². The van der Waals surface area contributed by atoms with Gasteiger partial charge in [-0.15, -0.1) is 0 Å². The van der Waals surface area contributed by atoms with E-state index in [1.54, 1.807) is 48.5 Å². The summed E-state index contributed by atoms with van der Waals surface area (Å²) in [6.07, 6.45) is 0. The summed E-state index contributed by atoms with van der Waals surface area (Å²) in [5.41, 5.74) is 1.57. The third-order valence-corrected chi connectivity index (χ3v) is 4.63. The van der Waals surface area contributed by atoms with Crippen molar-refractivity contribution in [1.82, 2.24) is 4.90 Å². The Labute approximate surface area is 157 Å². The van der Waals surface area contributed by atoms with Gasteiger partial charge in [-0.25, -0.2) is 4.79 Å². The van der Waals surface area contributed by atoms with E-state index in [0.29, 0.717) is 35.1 Å². The summed E-state index contributed by atoms with van der Waals surface area (Å²) in [6.45, 7) is 3.29. The van der Waals surface area contributed by atoms with E-state index in [1.165, 1.54) is 4.90 Å². The van der Waals surface area contributed by atoms with Gasteiger partial charge in [0.05, 0.1) is 44.5 Å². The van der Waals surface area contributed by atoms with Crippen LogP contribution >= 0.6 is 11.6 Å². The number of carbonyl (C=O) groups is 2. The number of rotatable bonds is 3. The number of quaternary nitrogens is 1. The third-order valence-electron chi connectivity index (χ3n) is 4.39. The largest absolute Gasteiger partial charge is 0.334 e. The molecule has 1 heterocycles. The Bertz CT molecular complexity index is 804. The highest BCUT2D eigenvalue weighted by Gasteiger charge is 2.24. The lowest BCUT2D eigenvalue weighted by Crippen LogP contribution is -3.12. The first-order valence-corrected chi connectivity index (χ1v) is 8.94. The highest BCUT2D eigenvalue weighted by molar-refractivity contribution is 6.30. The predicted molar refractivity (Wildman–Crippen MR) is 103 cm³/mol. The molecule has 0 spiro atoms. The molecule has 0 radical (unpaired) electrons. The fourth-order valence-electron chi connectivity index (χ4n) is 2.89. The van der Waals surface area contributed by atoms with Crippen LogP contribution in [0.2, 0.25) is 5.02 Å². The molecule has 1 fully saturated rings. The summed E-state index contributed by atoms with van der Waals surface area (Å²) in [5, 5.41) is 6.02. The Morgan fingerprint density at radius 2 is 1.77 bits per heavy atom. The molecule has 6 nitrogen and oxygen atoms in total. The van der Waals surface area contributed by atoms with Crippen LogP contribution in [0.25, 0.3) is 0 Å². The number of para-hydroxylation sites is 1. The fourth-order valence-corrected chi connectivity index (χ4v) is 3.08. The Kier molecular flexibility index (Phi) is 5.75. The molecule has 2 aromatic carbocycles. The number of carbonyl (C=O) groups excluding carboxylic acids is 2. The van der Waals surface area contributed by atoms with Gasteiger partial charge in [-0.1, -0.05) is 29.8 Å². The molecule has 0 atom stereocenters. The number of nitrogens with zero attached hydrogens (tertiary/aromatic N) is 1. The first-order chi connectivity index (χ1) is 12.5. The minimum Gasteiger partial charge on any atom is -0.334 e. The number of likely N-dealkylation sites (N-methyl/N-ethyl adjacent to an activating group) is 1. The minimum absolute atomic E-state index is 0.0591. The molecule has 0 saturated carbocycles. The van der Waals surface area contributed by atoms with Crippen molar-refractivity contribution in [2.75, 3.05) is 43.9 Å². The zero-order valence-electron chi connectivity index (χ0n) is 14.6. The maximum Gasteiger partial charge on any atom is 0.323 e. The van der Waals surface area contributed by atoms with Crippen molar-refractivity contribution in [3.8, 4) is 0 Å². The van der Waals surface area contributed by atoms with Crippen LogP contribution in [0.4, 0.5) is 16.2 Å². The van der Waals surface area contributed by atoms with Crippen LogP contribution < -0.4 is 15.5 Å². The van der Waals surface area contributed by atoms with Gasteiger partial charge in [0.2, 0.25) is 0 Å². The van der Waals surface area contributed by atoms with E-state index in [-0.39, 0.29) is 5.91 Å². The minimum atomic E-state index is -0.421. The van der Waals surface area contributed by atoms with Crippen molar-refractivity contribution in [3.63, 3.8) is 0 Å². The summed E-state index contributed by atoms with van der Waals surface area (Å²) in [5.74, 6) is -0.0591. The normalized spacial score (nSPS) is 14.8. The van der Waals surface area contributed by atoms with Crippen molar-refractivity contribution in [1.29, 1.82) is 0 Å². The quantitative estimate of drug-likeness (QED) is 0.770. The highest BCUT2D eigenvalue weighted by atomic mass is 35.5. The van der Waals surface area contributed by atoms with Crippen molar-refractivity contribution in [2.45, 2.75) is 0 Å². The van der Waals surface area contributed by atoms with E-state index in [1.807, 2.05) is 4.90 Å². The topological polar surface area (TPSA) is 65.9 Å². The number of halogens is 1. The second-order valence-electron chi connectivity index (χ2n) is 6.38. The SMILES string of the molecule is C[NH+]1CCN(C(=O)c2ccccc2NC(=O)Nc2cccc(Cl)c2)CC1. The highest BCUT2D eigenvalue weighted by Crippen LogP contribution is 2.19. The lowest BCUT2D eigenvalue weighted by Gasteiger charge is -2.30. The molecule has 2 aromatic rings. The molecule has 1 saturated heterocycles. The molecule has 0 aliphatic carbocycles. The second kappa shape index (κ2) is 8.21. The summed E-state index contributed by atoms with van der Waals surface area (Å²) >= 11 is 5.93. The van der Waals surface area contributed by atoms with E-state index < -0.39 is 6.03 Å². The van der Waals surface area contributed by atoms with E-state index >= 15 is 0 Å².